The Morgan fingerprint density at radius 3 is 2.66 bits per heavy atom. The summed E-state index contributed by atoms with van der Waals surface area (Å²) < 4.78 is 31.8. The molecule has 0 aliphatic heterocycles. The average Bonchev–Trinajstić information content (AvgIpc) is 2.67. The largest absolute Gasteiger partial charge is 0.495 e. The van der Waals surface area contributed by atoms with E-state index in [2.05, 4.69) is 11.4 Å². The number of methoxy groups -OCH3 is 1. The van der Waals surface area contributed by atoms with E-state index in [0.29, 0.717) is 11.4 Å². The van der Waals surface area contributed by atoms with Crippen molar-refractivity contribution in [2.24, 2.45) is 0 Å². The Morgan fingerprint density at radius 1 is 1.24 bits per heavy atom. The topological polar surface area (TPSA) is 75.7 Å². The SMILES string of the molecule is COc1ccc(C)cc1N([C@H](C)C(=O)N[C@@H]1CCCc2ccccc21)S(C)(=O)=O. The van der Waals surface area contributed by atoms with Crippen LogP contribution >= 0.6 is 0 Å². The molecule has 0 aromatic heterocycles. The molecule has 3 rings (SSSR count). The fourth-order valence-electron chi connectivity index (χ4n) is 3.95. The van der Waals surface area contributed by atoms with Crippen LogP contribution in [-0.2, 0) is 21.2 Å². The predicted octanol–water partition coefficient (Wildman–Crippen LogP) is 3.35. The van der Waals surface area contributed by atoms with Crippen molar-refractivity contribution in [3.05, 3.63) is 59.2 Å². The first-order valence-electron chi connectivity index (χ1n) is 9.74. The predicted molar refractivity (Wildman–Crippen MR) is 115 cm³/mol. The van der Waals surface area contributed by atoms with Crippen LogP contribution in [0.3, 0.4) is 0 Å². The zero-order chi connectivity index (χ0) is 21.2. The van der Waals surface area contributed by atoms with Crippen LogP contribution in [0.25, 0.3) is 0 Å². The number of rotatable bonds is 6. The summed E-state index contributed by atoms with van der Waals surface area (Å²) in [5, 5.41) is 3.06. The Hall–Kier alpha value is -2.54. The second kappa shape index (κ2) is 8.45. The van der Waals surface area contributed by atoms with Gasteiger partial charge in [0.25, 0.3) is 0 Å². The van der Waals surface area contributed by atoms with Crippen LogP contribution in [0.5, 0.6) is 5.75 Å². The normalized spacial score (nSPS) is 17.2. The number of amides is 1. The fraction of sp³-hybridized carbons (Fsp3) is 0.409. The van der Waals surface area contributed by atoms with Gasteiger partial charge in [-0.25, -0.2) is 8.42 Å². The molecule has 0 heterocycles. The van der Waals surface area contributed by atoms with Gasteiger partial charge >= 0.3 is 0 Å². The molecule has 0 saturated heterocycles. The van der Waals surface area contributed by atoms with Crippen molar-refractivity contribution in [2.45, 2.75) is 45.2 Å². The highest BCUT2D eigenvalue weighted by atomic mass is 32.2. The molecular weight excluding hydrogens is 388 g/mol. The number of carbonyl (C=O) groups is 1. The van der Waals surface area contributed by atoms with Gasteiger partial charge in [-0.15, -0.1) is 0 Å². The van der Waals surface area contributed by atoms with Crippen LogP contribution in [0, 0.1) is 6.92 Å². The highest BCUT2D eigenvalue weighted by Crippen LogP contribution is 2.34. The Kier molecular flexibility index (Phi) is 6.17. The van der Waals surface area contributed by atoms with E-state index in [-0.39, 0.29) is 11.9 Å². The summed E-state index contributed by atoms with van der Waals surface area (Å²) in [6.07, 6.45) is 3.92. The number of nitrogens with one attached hydrogen (secondary N) is 1. The molecular formula is C22H28N2O4S. The Morgan fingerprint density at radius 2 is 1.97 bits per heavy atom. The van der Waals surface area contributed by atoms with Crippen molar-refractivity contribution < 1.29 is 17.9 Å². The summed E-state index contributed by atoms with van der Waals surface area (Å²) >= 11 is 0. The molecule has 0 spiro atoms. The van der Waals surface area contributed by atoms with Crippen molar-refractivity contribution in [2.75, 3.05) is 17.7 Å². The Labute approximate surface area is 172 Å². The molecule has 0 bridgehead atoms. The molecule has 156 valence electrons. The summed E-state index contributed by atoms with van der Waals surface area (Å²) in [6, 6.07) is 12.3. The van der Waals surface area contributed by atoms with Crippen molar-refractivity contribution in [3.63, 3.8) is 0 Å². The quantitative estimate of drug-likeness (QED) is 0.784. The van der Waals surface area contributed by atoms with Crippen LogP contribution in [0.2, 0.25) is 0 Å². The molecule has 2 aromatic carbocycles. The molecule has 7 heteroatoms. The second-order valence-corrected chi connectivity index (χ2v) is 9.42. The lowest BCUT2D eigenvalue weighted by Crippen LogP contribution is -2.49. The summed E-state index contributed by atoms with van der Waals surface area (Å²) in [7, 11) is -2.24. The Bertz CT molecular complexity index is 1000. The van der Waals surface area contributed by atoms with Gasteiger partial charge in [0.2, 0.25) is 15.9 Å². The third kappa shape index (κ3) is 4.56. The van der Waals surface area contributed by atoms with Crippen molar-refractivity contribution in [1.82, 2.24) is 5.32 Å². The molecule has 1 aliphatic carbocycles. The van der Waals surface area contributed by atoms with E-state index in [1.807, 2.05) is 31.2 Å². The van der Waals surface area contributed by atoms with E-state index in [9.17, 15) is 13.2 Å². The molecule has 0 unspecified atom stereocenters. The lowest BCUT2D eigenvalue weighted by molar-refractivity contribution is -0.122. The molecule has 2 aromatic rings. The van der Waals surface area contributed by atoms with E-state index >= 15 is 0 Å². The number of fused-ring (bicyclic) bond motifs is 1. The second-order valence-electron chi connectivity index (χ2n) is 7.56. The molecule has 1 N–H and O–H groups in total. The van der Waals surface area contributed by atoms with Gasteiger partial charge in [-0.3, -0.25) is 9.10 Å². The summed E-state index contributed by atoms with van der Waals surface area (Å²) in [6.45, 7) is 3.47. The minimum atomic E-state index is -3.72. The van der Waals surface area contributed by atoms with Crippen LogP contribution in [0.15, 0.2) is 42.5 Å². The molecule has 0 radical (unpaired) electrons. The van der Waals surface area contributed by atoms with E-state index in [4.69, 9.17) is 4.74 Å². The van der Waals surface area contributed by atoms with E-state index in [1.54, 1.807) is 19.1 Å². The van der Waals surface area contributed by atoms with E-state index < -0.39 is 16.1 Å². The van der Waals surface area contributed by atoms with Gasteiger partial charge in [0.1, 0.15) is 11.8 Å². The summed E-state index contributed by atoms with van der Waals surface area (Å²) in [5.41, 5.74) is 3.58. The van der Waals surface area contributed by atoms with Gasteiger partial charge < -0.3 is 10.1 Å². The van der Waals surface area contributed by atoms with Gasteiger partial charge in [0.15, 0.2) is 0 Å². The van der Waals surface area contributed by atoms with Gasteiger partial charge in [-0.1, -0.05) is 30.3 Å². The standard InChI is InChI=1S/C22H28N2O4S/c1-15-12-13-21(28-3)20(14-15)24(29(4,26)27)16(2)22(25)23-19-11-7-9-17-8-5-6-10-18(17)19/h5-6,8,10,12-14,16,19H,7,9,11H2,1-4H3,(H,23,25)/t16-,19-/m1/s1. The van der Waals surface area contributed by atoms with E-state index in [1.165, 1.54) is 12.7 Å². The number of carbonyl (C=O) groups excluding carboxylic acids is 1. The number of benzene rings is 2. The van der Waals surface area contributed by atoms with Gasteiger partial charge in [-0.2, -0.15) is 0 Å². The molecule has 0 saturated carbocycles. The number of hydrogen-bond acceptors (Lipinski definition) is 4. The average molecular weight is 417 g/mol. The molecule has 29 heavy (non-hydrogen) atoms. The minimum absolute atomic E-state index is 0.115. The molecule has 0 fully saturated rings. The number of sulfonamides is 1. The smallest absolute Gasteiger partial charge is 0.244 e. The molecule has 6 nitrogen and oxygen atoms in total. The first kappa shape index (κ1) is 21.2. The third-order valence-corrected chi connectivity index (χ3v) is 6.57. The maximum absolute atomic E-state index is 13.1. The third-order valence-electron chi connectivity index (χ3n) is 5.35. The lowest BCUT2D eigenvalue weighted by Gasteiger charge is -2.32. The maximum atomic E-state index is 13.1. The first-order valence-corrected chi connectivity index (χ1v) is 11.6. The number of aryl methyl sites for hydroxylation is 2. The molecule has 2 atom stereocenters. The summed E-state index contributed by atoms with van der Waals surface area (Å²) in [4.78, 5) is 13.1. The number of anilines is 1. The fourth-order valence-corrected chi connectivity index (χ4v) is 5.12. The number of hydrogen-bond donors (Lipinski definition) is 1. The maximum Gasteiger partial charge on any atom is 0.244 e. The van der Waals surface area contributed by atoms with Crippen LogP contribution in [0.1, 0.15) is 42.5 Å². The van der Waals surface area contributed by atoms with Gasteiger partial charge in [-0.05, 0) is 61.9 Å². The van der Waals surface area contributed by atoms with Crippen LogP contribution in [-0.4, -0.2) is 33.7 Å². The van der Waals surface area contributed by atoms with Crippen molar-refractivity contribution in [1.29, 1.82) is 0 Å². The summed E-state index contributed by atoms with van der Waals surface area (Å²) in [5.74, 6) is 0.0735. The molecule has 1 aliphatic rings. The first-order chi connectivity index (χ1) is 13.7. The molecule has 1 amide bonds. The lowest BCUT2D eigenvalue weighted by atomic mass is 9.87. The van der Waals surface area contributed by atoms with Crippen molar-refractivity contribution in [3.8, 4) is 5.75 Å². The number of nitrogens with zero attached hydrogens (tertiary/aromatic N) is 1. The highest BCUT2D eigenvalue weighted by Gasteiger charge is 2.33. The van der Waals surface area contributed by atoms with Crippen LogP contribution in [0.4, 0.5) is 5.69 Å². The van der Waals surface area contributed by atoms with E-state index in [0.717, 1.165) is 41.0 Å². The number of ether oxygens (including phenoxy) is 1. The highest BCUT2D eigenvalue weighted by molar-refractivity contribution is 7.92. The van der Waals surface area contributed by atoms with Gasteiger partial charge in [0, 0.05) is 0 Å². The Balaban J connectivity index is 1.91. The zero-order valence-corrected chi connectivity index (χ0v) is 18.1. The monoisotopic (exact) mass is 416 g/mol. The van der Waals surface area contributed by atoms with Crippen molar-refractivity contribution >= 4 is 21.6 Å². The van der Waals surface area contributed by atoms with Crippen LogP contribution < -0.4 is 14.4 Å². The minimum Gasteiger partial charge on any atom is -0.495 e. The van der Waals surface area contributed by atoms with Gasteiger partial charge in [0.05, 0.1) is 25.1 Å². The zero-order valence-electron chi connectivity index (χ0n) is 17.3.